The largest absolute Gasteiger partial charge is 0.435 e. The maximum atomic E-state index is 12.0. The Kier molecular flexibility index (Phi) is 6.91. The molecule has 0 radical (unpaired) electrons. The number of carbonyl (C=O) groups is 1. The van der Waals surface area contributed by atoms with Crippen LogP contribution in [0, 0.1) is 0 Å². The van der Waals surface area contributed by atoms with Crippen LogP contribution in [0.15, 0.2) is 29.4 Å². The number of aromatic nitrogens is 4. The smallest absolute Gasteiger partial charge is 0.387 e. The SMILES string of the molecule is CCn1nnnc1SCC(=O)NCCc1ccc(OC(F)F)cc1. The third kappa shape index (κ3) is 5.76. The minimum atomic E-state index is -2.83. The molecule has 24 heavy (non-hydrogen) atoms. The average Bonchev–Trinajstić information content (AvgIpc) is 3.01. The quantitative estimate of drug-likeness (QED) is 0.689. The zero-order valence-corrected chi connectivity index (χ0v) is 13.8. The molecule has 1 amide bonds. The molecule has 0 spiro atoms. The second-order valence-electron chi connectivity index (χ2n) is 4.69. The zero-order chi connectivity index (χ0) is 17.4. The van der Waals surface area contributed by atoms with Crippen LogP contribution in [0.1, 0.15) is 12.5 Å². The monoisotopic (exact) mass is 357 g/mol. The molecule has 0 aliphatic rings. The first kappa shape index (κ1) is 18.1. The number of hydrogen-bond donors (Lipinski definition) is 1. The summed E-state index contributed by atoms with van der Waals surface area (Å²) in [4.78, 5) is 11.8. The van der Waals surface area contributed by atoms with Crippen LogP contribution in [0.4, 0.5) is 8.78 Å². The molecule has 0 aliphatic carbocycles. The molecule has 2 aromatic rings. The Balaban J connectivity index is 1.68. The van der Waals surface area contributed by atoms with Crippen molar-refractivity contribution in [1.29, 1.82) is 0 Å². The molecular weight excluding hydrogens is 340 g/mol. The number of aryl methyl sites for hydroxylation is 1. The molecule has 1 aromatic heterocycles. The second-order valence-corrected chi connectivity index (χ2v) is 5.63. The summed E-state index contributed by atoms with van der Waals surface area (Å²) >= 11 is 1.27. The number of halogens is 2. The van der Waals surface area contributed by atoms with Crippen LogP contribution in [0.5, 0.6) is 5.75 Å². The zero-order valence-electron chi connectivity index (χ0n) is 13.0. The summed E-state index contributed by atoms with van der Waals surface area (Å²) in [6, 6.07) is 6.33. The molecule has 0 saturated heterocycles. The van der Waals surface area contributed by atoms with E-state index in [2.05, 4.69) is 25.6 Å². The van der Waals surface area contributed by atoms with Crippen molar-refractivity contribution in [3.8, 4) is 5.75 Å². The number of rotatable bonds is 9. The van der Waals surface area contributed by atoms with Crippen LogP contribution in [0.3, 0.4) is 0 Å². The number of tetrazole rings is 1. The molecule has 0 fully saturated rings. The number of thioether (sulfide) groups is 1. The van der Waals surface area contributed by atoms with E-state index in [1.807, 2.05) is 6.92 Å². The lowest BCUT2D eigenvalue weighted by Gasteiger charge is -2.07. The van der Waals surface area contributed by atoms with E-state index in [4.69, 9.17) is 0 Å². The van der Waals surface area contributed by atoms with Gasteiger partial charge in [0.2, 0.25) is 11.1 Å². The van der Waals surface area contributed by atoms with E-state index in [0.29, 0.717) is 24.7 Å². The molecule has 130 valence electrons. The number of nitrogens with one attached hydrogen (secondary N) is 1. The molecular formula is C14H17F2N5O2S. The van der Waals surface area contributed by atoms with Crippen LogP contribution in [0.2, 0.25) is 0 Å². The summed E-state index contributed by atoms with van der Waals surface area (Å²) in [6.07, 6.45) is 0.595. The van der Waals surface area contributed by atoms with Crippen LogP contribution in [-0.4, -0.2) is 45.0 Å². The molecule has 1 aromatic carbocycles. The van der Waals surface area contributed by atoms with Gasteiger partial charge in [0.15, 0.2) is 0 Å². The first-order valence-corrected chi connectivity index (χ1v) is 8.26. The fourth-order valence-corrected chi connectivity index (χ4v) is 2.63. The molecule has 10 heteroatoms. The Morgan fingerprint density at radius 2 is 2.12 bits per heavy atom. The molecule has 0 bridgehead atoms. The highest BCUT2D eigenvalue weighted by molar-refractivity contribution is 7.99. The third-order valence-electron chi connectivity index (χ3n) is 3.02. The van der Waals surface area contributed by atoms with Crippen LogP contribution < -0.4 is 10.1 Å². The molecule has 7 nitrogen and oxygen atoms in total. The predicted octanol–water partition coefficient (Wildman–Crippen LogP) is 1.75. The summed E-state index contributed by atoms with van der Waals surface area (Å²) in [5.41, 5.74) is 0.916. The summed E-state index contributed by atoms with van der Waals surface area (Å²) < 4.78 is 30.0. The predicted molar refractivity (Wildman–Crippen MR) is 84.0 cm³/mol. The van der Waals surface area contributed by atoms with E-state index in [0.717, 1.165) is 5.56 Å². The van der Waals surface area contributed by atoms with Gasteiger partial charge >= 0.3 is 6.61 Å². The van der Waals surface area contributed by atoms with Crippen LogP contribution in [-0.2, 0) is 17.8 Å². The molecule has 1 N–H and O–H groups in total. The third-order valence-corrected chi connectivity index (χ3v) is 3.97. The maximum Gasteiger partial charge on any atom is 0.387 e. The minimum Gasteiger partial charge on any atom is -0.435 e. The molecule has 0 saturated carbocycles. The molecule has 0 atom stereocenters. The van der Waals surface area contributed by atoms with Crippen LogP contribution >= 0.6 is 11.8 Å². The number of amides is 1. The van der Waals surface area contributed by atoms with Gasteiger partial charge in [-0.2, -0.15) is 8.78 Å². The fourth-order valence-electron chi connectivity index (χ4n) is 1.86. The lowest BCUT2D eigenvalue weighted by molar-refractivity contribution is -0.118. The van der Waals surface area contributed by atoms with Gasteiger partial charge in [-0.15, -0.1) is 5.10 Å². The van der Waals surface area contributed by atoms with Crippen molar-refractivity contribution in [2.45, 2.75) is 31.7 Å². The number of benzene rings is 1. The minimum absolute atomic E-state index is 0.114. The number of alkyl halides is 2. The Bertz CT molecular complexity index is 651. The van der Waals surface area contributed by atoms with Gasteiger partial charge in [0.25, 0.3) is 0 Å². The van der Waals surface area contributed by atoms with Crippen LogP contribution in [0.25, 0.3) is 0 Å². The first-order valence-electron chi connectivity index (χ1n) is 7.28. The Hall–Kier alpha value is -2.23. The standard InChI is InChI=1S/C14H17F2N5O2S/c1-2-21-14(18-19-20-21)24-9-12(22)17-8-7-10-3-5-11(6-4-10)23-13(15)16/h3-6,13H,2,7-9H2,1H3,(H,17,22). The fraction of sp³-hybridized carbons (Fsp3) is 0.429. The Morgan fingerprint density at radius 3 is 2.79 bits per heavy atom. The van der Waals surface area contributed by atoms with E-state index in [-0.39, 0.29) is 17.4 Å². The summed E-state index contributed by atoms with van der Waals surface area (Å²) in [7, 11) is 0. The summed E-state index contributed by atoms with van der Waals surface area (Å²) in [6.45, 7) is 0.175. The average molecular weight is 357 g/mol. The van der Waals surface area contributed by atoms with Crippen molar-refractivity contribution in [1.82, 2.24) is 25.5 Å². The van der Waals surface area contributed by atoms with Gasteiger partial charge in [0, 0.05) is 13.1 Å². The van der Waals surface area contributed by atoms with E-state index >= 15 is 0 Å². The molecule has 2 rings (SSSR count). The number of hydrogen-bond acceptors (Lipinski definition) is 6. The number of nitrogens with zero attached hydrogens (tertiary/aromatic N) is 4. The normalized spacial score (nSPS) is 10.8. The highest BCUT2D eigenvalue weighted by atomic mass is 32.2. The van der Waals surface area contributed by atoms with E-state index in [9.17, 15) is 13.6 Å². The van der Waals surface area contributed by atoms with Gasteiger partial charge in [-0.1, -0.05) is 23.9 Å². The van der Waals surface area contributed by atoms with Gasteiger partial charge < -0.3 is 10.1 Å². The van der Waals surface area contributed by atoms with Crippen molar-refractivity contribution >= 4 is 17.7 Å². The summed E-state index contributed by atoms with van der Waals surface area (Å²) in [5, 5.41) is 14.6. The van der Waals surface area contributed by atoms with E-state index in [1.165, 1.54) is 23.9 Å². The van der Waals surface area contributed by atoms with Gasteiger partial charge in [-0.3, -0.25) is 4.79 Å². The first-order chi connectivity index (χ1) is 11.6. The topological polar surface area (TPSA) is 81.9 Å². The second kappa shape index (κ2) is 9.16. The lowest BCUT2D eigenvalue weighted by Crippen LogP contribution is -2.27. The highest BCUT2D eigenvalue weighted by Gasteiger charge is 2.09. The van der Waals surface area contributed by atoms with Crippen molar-refractivity contribution in [3.63, 3.8) is 0 Å². The molecule has 1 heterocycles. The van der Waals surface area contributed by atoms with E-state index in [1.54, 1.807) is 16.8 Å². The van der Waals surface area contributed by atoms with Gasteiger partial charge in [-0.05, 0) is 41.5 Å². The van der Waals surface area contributed by atoms with Crippen molar-refractivity contribution in [2.24, 2.45) is 0 Å². The summed E-state index contributed by atoms with van der Waals surface area (Å²) in [5.74, 6) is 0.216. The van der Waals surface area contributed by atoms with Gasteiger partial charge in [0.1, 0.15) is 5.75 Å². The Morgan fingerprint density at radius 1 is 1.38 bits per heavy atom. The van der Waals surface area contributed by atoms with Crippen molar-refractivity contribution < 1.29 is 18.3 Å². The lowest BCUT2D eigenvalue weighted by atomic mass is 10.1. The Labute approximate surface area is 141 Å². The van der Waals surface area contributed by atoms with Gasteiger partial charge in [0.05, 0.1) is 5.75 Å². The van der Waals surface area contributed by atoms with Crippen molar-refractivity contribution in [2.75, 3.05) is 12.3 Å². The van der Waals surface area contributed by atoms with Gasteiger partial charge in [-0.25, -0.2) is 4.68 Å². The van der Waals surface area contributed by atoms with Crippen molar-refractivity contribution in [3.05, 3.63) is 29.8 Å². The molecule has 0 unspecified atom stereocenters. The maximum absolute atomic E-state index is 12.0. The molecule has 0 aliphatic heterocycles. The van der Waals surface area contributed by atoms with E-state index < -0.39 is 6.61 Å². The number of carbonyl (C=O) groups excluding carboxylic acids is 1. The number of ether oxygens (including phenoxy) is 1. The highest BCUT2D eigenvalue weighted by Crippen LogP contribution is 2.15.